The zero-order valence-corrected chi connectivity index (χ0v) is 17.6. The van der Waals surface area contributed by atoms with Crippen LogP contribution in [0, 0.1) is 13.8 Å². The third kappa shape index (κ3) is 3.47. The summed E-state index contributed by atoms with van der Waals surface area (Å²) >= 11 is 0. The molecule has 1 N–H and O–H groups in total. The molecule has 1 aliphatic heterocycles. The number of nitrogens with zero attached hydrogens (tertiary/aromatic N) is 6. The van der Waals surface area contributed by atoms with Gasteiger partial charge in [0.2, 0.25) is 0 Å². The molecule has 1 saturated carbocycles. The van der Waals surface area contributed by atoms with Crippen molar-refractivity contribution >= 4 is 11.0 Å². The SMILES string of the molecule is Cc1cc(C)nc(OC2CN(C(C)c3nc4c(cnn4C4CCCC4)c(=O)[nH]3)C2)n1. The minimum atomic E-state index is -0.122. The summed E-state index contributed by atoms with van der Waals surface area (Å²) < 4.78 is 7.88. The van der Waals surface area contributed by atoms with E-state index in [1.807, 2.05) is 24.6 Å². The van der Waals surface area contributed by atoms with Crippen LogP contribution in [-0.2, 0) is 0 Å². The molecule has 0 radical (unpaired) electrons. The Balaban J connectivity index is 1.31. The summed E-state index contributed by atoms with van der Waals surface area (Å²) in [5.41, 5.74) is 2.37. The molecule has 3 aromatic heterocycles. The zero-order chi connectivity index (χ0) is 20.8. The zero-order valence-electron chi connectivity index (χ0n) is 17.6. The van der Waals surface area contributed by atoms with Crippen LogP contribution in [0.25, 0.3) is 11.0 Å². The van der Waals surface area contributed by atoms with Crippen molar-refractivity contribution in [2.45, 2.75) is 64.6 Å². The van der Waals surface area contributed by atoms with Crippen LogP contribution in [-0.4, -0.2) is 53.8 Å². The number of likely N-dealkylation sites (tertiary alicyclic amines) is 1. The number of hydrogen-bond acceptors (Lipinski definition) is 7. The first-order chi connectivity index (χ1) is 14.5. The van der Waals surface area contributed by atoms with Crippen molar-refractivity contribution in [2.24, 2.45) is 0 Å². The van der Waals surface area contributed by atoms with Crippen molar-refractivity contribution in [3.8, 4) is 6.01 Å². The molecule has 1 unspecified atom stereocenters. The molecular weight excluding hydrogens is 382 g/mol. The van der Waals surface area contributed by atoms with E-state index in [1.54, 1.807) is 6.20 Å². The molecule has 0 bridgehead atoms. The molecule has 0 amide bonds. The number of hydrogen-bond donors (Lipinski definition) is 1. The normalized spacial score (nSPS) is 19.3. The van der Waals surface area contributed by atoms with Crippen molar-refractivity contribution in [3.05, 3.63) is 39.8 Å². The Morgan fingerprint density at radius 3 is 2.53 bits per heavy atom. The van der Waals surface area contributed by atoms with E-state index in [9.17, 15) is 4.79 Å². The average molecular weight is 409 g/mol. The van der Waals surface area contributed by atoms with Gasteiger partial charge in [-0.15, -0.1) is 0 Å². The number of nitrogens with one attached hydrogen (secondary N) is 1. The molecule has 9 nitrogen and oxygen atoms in total. The lowest BCUT2D eigenvalue weighted by Crippen LogP contribution is -2.54. The summed E-state index contributed by atoms with van der Waals surface area (Å²) in [5.74, 6) is 0.674. The highest BCUT2D eigenvalue weighted by Crippen LogP contribution is 2.31. The van der Waals surface area contributed by atoms with E-state index in [4.69, 9.17) is 9.72 Å². The van der Waals surface area contributed by atoms with Gasteiger partial charge in [-0.3, -0.25) is 9.69 Å². The highest BCUT2D eigenvalue weighted by molar-refractivity contribution is 5.73. The number of fused-ring (bicyclic) bond motifs is 1. The fraction of sp³-hybridized carbons (Fsp3) is 0.571. The molecular formula is C21H27N7O2. The van der Waals surface area contributed by atoms with Gasteiger partial charge in [-0.1, -0.05) is 12.8 Å². The number of rotatable bonds is 5. The first-order valence-electron chi connectivity index (χ1n) is 10.7. The predicted octanol–water partition coefficient (Wildman–Crippen LogP) is 2.47. The van der Waals surface area contributed by atoms with Crippen LogP contribution in [0.4, 0.5) is 0 Å². The molecule has 9 heteroatoms. The topological polar surface area (TPSA) is 102 Å². The molecule has 2 fully saturated rings. The van der Waals surface area contributed by atoms with Crippen molar-refractivity contribution in [2.75, 3.05) is 13.1 Å². The van der Waals surface area contributed by atoms with Gasteiger partial charge in [0.05, 0.1) is 18.3 Å². The molecule has 30 heavy (non-hydrogen) atoms. The van der Waals surface area contributed by atoms with Gasteiger partial charge in [-0.25, -0.2) is 19.6 Å². The third-order valence-corrected chi connectivity index (χ3v) is 6.21. The third-order valence-electron chi connectivity index (χ3n) is 6.21. The second-order valence-corrected chi connectivity index (χ2v) is 8.52. The van der Waals surface area contributed by atoms with Crippen LogP contribution in [0.2, 0.25) is 0 Å². The van der Waals surface area contributed by atoms with Crippen molar-refractivity contribution in [1.29, 1.82) is 0 Å². The number of aryl methyl sites for hydroxylation is 2. The summed E-state index contributed by atoms with van der Waals surface area (Å²) in [6.45, 7) is 7.41. The second-order valence-electron chi connectivity index (χ2n) is 8.52. The van der Waals surface area contributed by atoms with E-state index in [0.29, 0.717) is 28.9 Å². The first-order valence-corrected chi connectivity index (χ1v) is 10.7. The monoisotopic (exact) mass is 409 g/mol. The molecule has 5 rings (SSSR count). The van der Waals surface area contributed by atoms with E-state index >= 15 is 0 Å². The second kappa shape index (κ2) is 7.46. The number of ether oxygens (including phenoxy) is 1. The molecule has 1 atom stereocenters. The predicted molar refractivity (Wildman–Crippen MR) is 112 cm³/mol. The minimum absolute atomic E-state index is 0.0194. The van der Waals surface area contributed by atoms with E-state index in [0.717, 1.165) is 37.3 Å². The van der Waals surface area contributed by atoms with E-state index in [-0.39, 0.29) is 17.7 Å². The summed E-state index contributed by atoms with van der Waals surface area (Å²) in [5, 5.41) is 5.04. The van der Waals surface area contributed by atoms with Crippen LogP contribution >= 0.6 is 0 Å². The smallest absolute Gasteiger partial charge is 0.317 e. The molecule has 1 saturated heterocycles. The fourth-order valence-corrected chi connectivity index (χ4v) is 4.50. The summed E-state index contributed by atoms with van der Waals surface area (Å²) in [6, 6.07) is 2.68. The standard InChI is InChI=1S/C21H27N7O2/c1-12-8-13(2)24-21(23-12)30-16-10-27(11-16)14(3)18-25-19-17(20(29)26-18)9-22-28(19)15-6-4-5-7-15/h8-9,14-16H,4-7,10-11H2,1-3H3,(H,25,26,29). The Bertz CT molecular complexity index is 1110. The Labute approximate surface area is 174 Å². The summed E-state index contributed by atoms with van der Waals surface area (Å²) in [7, 11) is 0. The Kier molecular flexibility index (Phi) is 4.77. The van der Waals surface area contributed by atoms with Crippen LogP contribution in [0.3, 0.4) is 0 Å². The fourth-order valence-electron chi connectivity index (χ4n) is 4.50. The van der Waals surface area contributed by atoms with Gasteiger partial charge in [-0.2, -0.15) is 5.10 Å². The maximum atomic E-state index is 12.6. The number of aromatic amines is 1. The van der Waals surface area contributed by atoms with Gasteiger partial charge in [-0.05, 0) is 39.7 Å². The van der Waals surface area contributed by atoms with Crippen LogP contribution < -0.4 is 10.3 Å². The molecule has 3 aromatic rings. The van der Waals surface area contributed by atoms with E-state index in [2.05, 4.69) is 31.9 Å². The molecule has 2 aliphatic rings. The highest BCUT2D eigenvalue weighted by Gasteiger charge is 2.34. The van der Waals surface area contributed by atoms with Crippen LogP contribution in [0.1, 0.15) is 61.9 Å². The Morgan fingerprint density at radius 1 is 1.13 bits per heavy atom. The average Bonchev–Trinajstić information content (AvgIpc) is 3.32. The van der Waals surface area contributed by atoms with Crippen LogP contribution in [0.5, 0.6) is 6.01 Å². The lowest BCUT2D eigenvalue weighted by atomic mass is 10.1. The van der Waals surface area contributed by atoms with Gasteiger partial charge in [0.1, 0.15) is 17.3 Å². The summed E-state index contributed by atoms with van der Waals surface area (Å²) in [4.78, 5) is 31.3. The van der Waals surface area contributed by atoms with Gasteiger partial charge in [0.15, 0.2) is 5.65 Å². The highest BCUT2D eigenvalue weighted by atomic mass is 16.5. The lowest BCUT2D eigenvalue weighted by Gasteiger charge is -2.41. The van der Waals surface area contributed by atoms with E-state index < -0.39 is 0 Å². The molecule has 0 aromatic carbocycles. The van der Waals surface area contributed by atoms with Crippen molar-refractivity contribution < 1.29 is 4.74 Å². The van der Waals surface area contributed by atoms with Gasteiger partial charge in [0, 0.05) is 24.5 Å². The van der Waals surface area contributed by atoms with E-state index in [1.165, 1.54) is 12.8 Å². The maximum absolute atomic E-state index is 12.6. The van der Waals surface area contributed by atoms with Gasteiger partial charge in [0.25, 0.3) is 5.56 Å². The quantitative estimate of drug-likeness (QED) is 0.691. The summed E-state index contributed by atoms with van der Waals surface area (Å²) in [6.07, 6.45) is 6.29. The van der Waals surface area contributed by atoms with Gasteiger partial charge < -0.3 is 9.72 Å². The minimum Gasteiger partial charge on any atom is -0.457 e. The molecule has 158 valence electrons. The number of aromatic nitrogens is 6. The molecule has 4 heterocycles. The van der Waals surface area contributed by atoms with Crippen molar-refractivity contribution in [1.82, 2.24) is 34.6 Å². The number of H-pyrrole nitrogens is 1. The molecule has 1 aliphatic carbocycles. The van der Waals surface area contributed by atoms with Crippen LogP contribution in [0.15, 0.2) is 17.1 Å². The first kappa shape index (κ1) is 19.2. The van der Waals surface area contributed by atoms with Crippen molar-refractivity contribution in [3.63, 3.8) is 0 Å². The Hall–Kier alpha value is -2.81. The lowest BCUT2D eigenvalue weighted by molar-refractivity contribution is -0.0123. The molecule has 0 spiro atoms. The Morgan fingerprint density at radius 2 is 1.83 bits per heavy atom. The maximum Gasteiger partial charge on any atom is 0.317 e. The van der Waals surface area contributed by atoms with Gasteiger partial charge >= 0.3 is 6.01 Å². The largest absolute Gasteiger partial charge is 0.457 e.